The lowest BCUT2D eigenvalue weighted by Gasteiger charge is -2.32. The van der Waals surface area contributed by atoms with Crippen LogP contribution in [0, 0.1) is 0 Å². The maximum Gasteiger partial charge on any atom is 0.433 e. The smallest absolute Gasteiger partial charge is 0.338 e. The van der Waals surface area contributed by atoms with Crippen LogP contribution in [-0.4, -0.2) is 38.7 Å². The van der Waals surface area contributed by atoms with E-state index in [9.17, 15) is 18.0 Å². The molecule has 1 aliphatic heterocycles. The SMILES string of the molecule is CCc1csc(C2CCCN(C(=O)c3cnn(C(C)C)c3C(F)(F)F)C2)n1. The van der Waals surface area contributed by atoms with Crippen LogP contribution in [0.1, 0.15) is 72.3 Å². The zero-order valence-electron chi connectivity index (χ0n) is 15.6. The molecule has 2 aromatic heterocycles. The number of piperidine rings is 1. The first kappa shape index (κ1) is 19.9. The molecule has 9 heteroatoms. The predicted octanol–water partition coefficient (Wildman–Crippen LogP) is 4.52. The maximum absolute atomic E-state index is 13.6. The van der Waals surface area contributed by atoms with Crippen LogP contribution in [0.5, 0.6) is 0 Å². The zero-order chi connectivity index (χ0) is 19.8. The first-order valence-corrected chi connectivity index (χ1v) is 9.98. The van der Waals surface area contributed by atoms with E-state index in [1.165, 1.54) is 4.90 Å². The Labute approximate surface area is 160 Å². The summed E-state index contributed by atoms with van der Waals surface area (Å²) >= 11 is 1.56. The lowest BCUT2D eigenvalue weighted by atomic mass is 9.98. The second-order valence-electron chi connectivity index (χ2n) is 7.06. The minimum absolute atomic E-state index is 0.0717. The third-order valence-electron chi connectivity index (χ3n) is 4.77. The summed E-state index contributed by atoms with van der Waals surface area (Å²) in [7, 11) is 0. The van der Waals surface area contributed by atoms with E-state index in [2.05, 4.69) is 10.1 Å². The second kappa shape index (κ2) is 7.61. The Morgan fingerprint density at radius 1 is 1.41 bits per heavy atom. The van der Waals surface area contributed by atoms with Crippen molar-refractivity contribution in [1.29, 1.82) is 0 Å². The molecule has 1 saturated heterocycles. The molecular weight excluding hydrogens is 377 g/mol. The van der Waals surface area contributed by atoms with E-state index in [0.29, 0.717) is 13.1 Å². The first-order chi connectivity index (χ1) is 12.7. The van der Waals surface area contributed by atoms with Gasteiger partial charge in [0.1, 0.15) is 0 Å². The van der Waals surface area contributed by atoms with E-state index in [4.69, 9.17) is 0 Å². The van der Waals surface area contributed by atoms with Crippen molar-refractivity contribution in [2.24, 2.45) is 0 Å². The lowest BCUT2D eigenvalue weighted by molar-refractivity contribution is -0.145. The van der Waals surface area contributed by atoms with Gasteiger partial charge in [-0.25, -0.2) is 4.98 Å². The standard InChI is InChI=1S/C18H23F3N4OS/c1-4-13-10-27-16(23-13)12-6-5-7-24(9-12)17(26)14-8-22-25(11(2)3)15(14)18(19,20)21/h8,10-12H,4-7,9H2,1-3H3. The van der Waals surface area contributed by atoms with Crippen molar-refractivity contribution in [3.8, 4) is 0 Å². The van der Waals surface area contributed by atoms with Crippen molar-refractivity contribution < 1.29 is 18.0 Å². The summed E-state index contributed by atoms with van der Waals surface area (Å²) in [6, 6.07) is -0.486. The first-order valence-electron chi connectivity index (χ1n) is 9.10. The molecule has 1 unspecified atom stereocenters. The number of thiazole rings is 1. The van der Waals surface area contributed by atoms with Gasteiger partial charge in [-0.15, -0.1) is 11.3 Å². The van der Waals surface area contributed by atoms with E-state index >= 15 is 0 Å². The van der Waals surface area contributed by atoms with Gasteiger partial charge in [0, 0.05) is 30.4 Å². The van der Waals surface area contributed by atoms with Gasteiger partial charge in [-0.3, -0.25) is 9.48 Å². The molecular formula is C18H23F3N4OS. The molecule has 27 heavy (non-hydrogen) atoms. The molecule has 1 aliphatic rings. The number of halogens is 3. The molecule has 0 bridgehead atoms. The van der Waals surface area contributed by atoms with Crippen molar-refractivity contribution in [3.05, 3.63) is 33.5 Å². The maximum atomic E-state index is 13.6. The number of aryl methyl sites for hydroxylation is 1. The highest BCUT2D eigenvalue weighted by molar-refractivity contribution is 7.09. The van der Waals surface area contributed by atoms with Crippen LogP contribution in [0.3, 0.4) is 0 Å². The number of amides is 1. The van der Waals surface area contributed by atoms with Crippen molar-refractivity contribution in [2.45, 2.75) is 58.2 Å². The number of hydrogen-bond donors (Lipinski definition) is 0. The second-order valence-corrected chi connectivity index (χ2v) is 7.95. The van der Waals surface area contributed by atoms with Gasteiger partial charge in [-0.1, -0.05) is 6.92 Å². The molecule has 1 fully saturated rings. The number of hydrogen-bond acceptors (Lipinski definition) is 4. The third kappa shape index (κ3) is 4.02. The number of likely N-dealkylation sites (tertiary alicyclic amines) is 1. The van der Waals surface area contributed by atoms with Crippen molar-refractivity contribution in [2.75, 3.05) is 13.1 Å². The molecule has 0 N–H and O–H groups in total. The fourth-order valence-electron chi connectivity index (χ4n) is 3.40. The average molecular weight is 400 g/mol. The highest BCUT2D eigenvalue weighted by Crippen LogP contribution is 2.35. The van der Waals surface area contributed by atoms with Gasteiger partial charge < -0.3 is 4.90 Å². The fourth-order valence-corrected chi connectivity index (χ4v) is 4.43. The number of aromatic nitrogens is 3. The molecule has 5 nitrogen and oxygen atoms in total. The molecule has 3 heterocycles. The quantitative estimate of drug-likeness (QED) is 0.758. The van der Waals surface area contributed by atoms with Gasteiger partial charge in [0.25, 0.3) is 5.91 Å². The summed E-state index contributed by atoms with van der Waals surface area (Å²) in [5.74, 6) is -0.534. The average Bonchev–Trinajstić information content (AvgIpc) is 3.27. The molecule has 3 rings (SSSR count). The van der Waals surface area contributed by atoms with Crippen molar-refractivity contribution in [1.82, 2.24) is 19.7 Å². The Hall–Kier alpha value is -1.90. The Balaban J connectivity index is 1.85. The van der Waals surface area contributed by atoms with Gasteiger partial charge in [-0.05, 0) is 33.1 Å². The number of carbonyl (C=O) groups is 1. The molecule has 148 valence electrons. The molecule has 2 aromatic rings. The van der Waals surface area contributed by atoms with Crippen LogP contribution >= 0.6 is 11.3 Å². The van der Waals surface area contributed by atoms with Gasteiger partial charge in [0.2, 0.25) is 0 Å². The molecule has 0 aliphatic carbocycles. The number of rotatable bonds is 4. The van der Waals surface area contributed by atoms with Gasteiger partial charge in [0.05, 0.1) is 22.5 Å². The van der Waals surface area contributed by atoms with E-state index in [1.807, 2.05) is 12.3 Å². The van der Waals surface area contributed by atoms with Crippen LogP contribution in [0.2, 0.25) is 0 Å². The van der Waals surface area contributed by atoms with Crippen LogP contribution in [0.4, 0.5) is 13.2 Å². The minimum Gasteiger partial charge on any atom is -0.338 e. The van der Waals surface area contributed by atoms with E-state index in [1.54, 1.807) is 25.2 Å². The molecule has 1 amide bonds. The number of carbonyl (C=O) groups excluding carboxylic acids is 1. The monoisotopic (exact) mass is 400 g/mol. The van der Waals surface area contributed by atoms with Crippen LogP contribution in [-0.2, 0) is 12.6 Å². The summed E-state index contributed by atoms with van der Waals surface area (Å²) in [4.78, 5) is 19.0. The Morgan fingerprint density at radius 3 is 2.74 bits per heavy atom. The Bertz CT molecular complexity index is 812. The van der Waals surface area contributed by atoms with Crippen molar-refractivity contribution in [3.63, 3.8) is 0 Å². The van der Waals surface area contributed by atoms with Crippen LogP contribution in [0.15, 0.2) is 11.6 Å². The fraction of sp³-hybridized carbons (Fsp3) is 0.611. The van der Waals surface area contributed by atoms with E-state index < -0.39 is 23.8 Å². The third-order valence-corrected chi connectivity index (χ3v) is 5.83. The van der Waals surface area contributed by atoms with E-state index in [-0.39, 0.29) is 11.5 Å². The summed E-state index contributed by atoms with van der Waals surface area (Å²) in [6.07, 6.45) is -1.11. The van der Waals surface area contributed by atoms with Crippen molar-refractivity contribution >= 4 is 17.2 Å². The van der Waals surface area contributed by atoms with Crippen LogP contribution < -0.4 is 0 Å². The summed E-state index contributed by atoms with van der Waals surface area (Å²) in [5, 5.41) is 6.79. The van der Waals surface area contributed by atoms with Crippen LogP contribution in [0.25, 0.3) is 0 Å². The largest absolute Gasteiger partial charge is 0.433 e. The molecule has 0 saturated carbocycles. The Morgan fingerprint density at radius 2 is 2.15 bits per heavy atom. The summed E-state index contributed by atoms with van der Waals surface area (Å²) in [6.45, 7) is 6.09. The predicted molar refractivity (Wildman–Crippen MR) is 97.0 cm³/mol. The zero-order valence-corrected chi connectivity index (χ0v) is 16.4. The summed E-state index contributed by atoms with van der Waals surface area (Å²) < 4.78 is 41.6. The topological polar surface area (TPSA) is 51.0 Å². The molecule has 1 atom stereocenters. The molecule has 0 aromatic carbocycles. The van der Waals surface area contributed by atoms with E-state index in [0.717, 1.165) is 40.8 Å². The highest BCUT2D eigenvalue weighted by atomic mass is 32.1. The van der Waals surface area contributed by atoms with Gasteiger partial charge >= 0.3 is 6.18 Å². The number of alkyl halides is 3. The summed E-state index contributed by atoms with van der Waals surface area (Å²) in [5.41, 5.74) is -0.326. The highest BCUT2D eigenvalue weighted by Gasteiger charge is 2.42. The minimum atomic E-state index is -4.63. The van der Waals surface area contributed by atoms with Gasteiger partial charge in [0.15, 0.2) is 5.69 Å². The normalized spacial score (nSPS) is 18.3. The number of nitrogens with zero attached hydrogens (tertiary/aromatic N) is 4. The van der Waals surface area contributed by atoms with Gasteiger partial charge in [-0.2, -0.15) is 18.3 Å². The Kier molecular flexibility index (Phi) is 5.60. The molecule has 0 radical (unpaired) electrons. The lowest BCUT2D eigenvalue weighted by Crippen LogP contribution is -2.39. The molecule has 0 spiro atoms.